The van der Waals surface area contributed by atoms with Crippen molar-refractivity contribution in [1.29, 1.82) is 5.26 Å². The molecule has 0 rings (SSSR count). The molecule has 0 aliphatic rings. The zero-order valence-corrected chi connectivity index (χ0v) is 19.0. The second kappa shape index (κ2) is 17.6. The summed E-state index contributed by atoms with van der Waals surface area (Å²) >= 11 is 8.05. The summed E-state index contributed by atoms with van der Waals surface area (Å²) in [5.41, 5.74) is 0. The molecule has 1 atom stereocenters. The Kier molecular flexibility index (Phi) is 20.9. The smallest absolute Gasteiger partial charge is 0.303 e. The van der Waals surface area contributed by atoms with E-state index in [9.17, 15) is 4.79 Å². The molecule has 0 aliphatic carbocycles. The SMILES string of the molecule is CC(C)C.CC(C)CSC(=S)SC(C)(C#N)CCC(=O)O.CCC. The Bertz CT molecular complexity index is 376. The van der Waals surface area contributed by atoms with Crippen LogP contribution in [0, 0.1) is 23.2 Å². The maximum Gasteiger partial charge on any atom is 0.303 e. The van der Waals surface area contributed by atoms with Gasteiger partial charge in [-0.3, -0.25) is 4.79 Å². The summed E-state index contributed by atoms with van der Waals surface area (Å²) in [4.78, 5) is 10.5. The van der Waals surface area contributed by atoms with Gasteiger partial charge in [0.05, 0.1) is 6.07 Å². The van der Waals surface area contributed by atoms with E-state index in [1.165, 1.54) is 18.2 Å². The van der Waals surface area contributed by atoms with Crippen molar-refractivity contribution >= 4 is 45.2 Å². The van der Waals surface area contributed by atoms with E-state index in [0.29, 0.717) is 15.9 Å². The molecule has 6 heteroatoms. The standard InChI is InChI=1S/C11H17NO2S3.C4H10.C3H8/c1-8(2)6-16-10(15)17-11(3,7-12)5-4-9(13)14;1-4(2)3;1-3-2/h8H,4-6H2,1-3H3,(H,13,14);4H,1-3H3;3H2,1-2H3. The van der Waals surface area contributed by atoms with Crippen LogP contribution >= 0.6 is 35.7 Å². The third kappa shape index (κ3) is 26.6. The first-order valence-corrected chi connectivity index (χ1v) is 10.6. The van der Waals surface area contributed by atoms with Crippen molar-refractivity contribution in [3.63, 3.8) is 0 Å². The van der Waals surface area contributed by atoms with Gasteiger partial charge in [0, 0.05) is 12.2 Å². The van der Waals surface area contributed by atoms with Crippen LogP contribution in [0.5, 0.6) is 0 Å². The molecule has 0 fully saturated rings. The molecule has 0 spiro atoms. The Morgan fingerprint density at radius 3 is 1.96 bits per heavy atom. The number of hydrogen-bond acceptors (Lipinski definition) is 5. The Balaban J connectivity index is -0.000000531. The Hall–Kier alpha value is -0.250. The van der Waals surface area contributed by atoms with Crippen molar-refractivity contribution < 1.29 is 9.90 Å². The van der Waals surface area contributed by atoms with Gasteiger partial charge in [0.25, 0.3) is 0 Å². The fourth-order valence-electron chi connectivity index (χ4n) is 0.923. The van der Waals surface area contributed by atoms with Crippen molar-refractivity contribution in [1.82, 2.24) is 0 Å². The third-order valence-electron chi connectivity index (χ3n) is 1.90. The number of thioether (sulfide) groups is 2. The van der Waals surface area contributed by atoms with E-state index in [2.05, 4.69) is 54.5 Å². The van der Waals surface area contributed by atoms with Gasteiger partial charge in [0.2, 0.25) is 0 Å². The normalized spacial score (nSPS) is 12.2. The van der Waals surface area contributed by atoms with E-state index in [4.69, 9.17) is 22.6 Å². The van der Waals surface area contributed by atoms with Crippen LogP contribution in [0.25, 0.3) is 0 Å². The van der Waals surface area contributed by atoms with Crippen molar-refractivity contribution in [2.24, 2.45) is 11.8 Å². The van der Waals surface area contributed by atoms with Crippen molar-refractivity contribution in [3.8, 4) is 6.07 Å². The summed E-state index contributed by atoms with van der Waals surface area (Å²) in [6.45, 7) is 16.7. The lowest BCUT2D eigenvalue weighted by Gasteiger charge is -2.20. The number of rotatable bonds is 6. The van der Waals surface area contributed by atoms with Gasteiger partial charge in [0.1, 0.15) is 8.28 Å². The Morgan fingerprint density at radius 1 is 1.25 bits per heavy atom. The molecule has 3 nitrogen and oxygen atoms in total. The van der Waals surface area contributed by atoms with Crippen LogP contribution in [0.4, 0.5) is 0 Å². The first-order valence-electron chi connectivity index (χ1n) is 8.42. The fraction of sp³-hybridized carbons (Fsp3) is 0.833. The van der Waals surface area contributed by atoms with Gasteiger partial charge < -0.3 is 5.11 Å². The third-order valence-corrected chi connectivity index (χ3v) is 5.08. The lowest BCUT2D eigenvalue weighted by Crippen LogP contribution is -2.20. The Morgan fingerprint density at radius 2 is 1.67 bits per heavy atom. The molecule has 0 radical (unpaired) electrons. The maximum absolute atomic E-state index is 10.5. The van der Waals surface area contributed by atoms with Crippen molar-refractivity contribution in [3.05, 3.63) is 0 Å². The number of carbonyl (C=O) groups is 1. The van der Waals surface area contributed by atoms with E-state index in [0.717, 1.165) is 11.7 Å². The number of nitriles is 1. The van der Waals surface area contributed by atoms with Crippen LogP contribution in [0.2, 0.25) is 0 Å². The van der Waals surface area contributed by atoms with E-state index in [-0.39, 0.29) is 6.42 Å². The summed E-state index contributed by atoms with van der Waals surface area (Å²) < 4.78 is -0.0208. The first-order chi connectivity index (χ1) is 10.9. The van der Waals surface area contributed by atoms with E-state index in [1.807, 2.05) is 0 Å². The minimum atomic E-state index is -0.882. The van der Waals surface area contributed by atoms with Crippen LogP contribution in [-0.4, -0.2) is 25.1 Å². The minimum Gasteiger partial charge on any atom is -0.481 e. The van der Waals surface area contributed by atoms with E-state index < -0.39 is 10.7 Å². The van der Waals surface area contributed by atoms with Gasteiger partial charge in [-0.2, -0.15) is 5.26 Å². The lowest BCUT2D eigenvalue weighted by atomic mass is 10.1. The molecule has 142 valence electrons. The molecule has 0 heterocycles. The van der Waals surface area contributed by atoms with Crippen molar-refractivity contribution in [2.45, 2.75) is 79.4 Å². The predicted octanol–water partition coefficient (Wildman–Crippen LogP) is 6.62. The molecule has 1 N–H and O–H groups in total. The number of carboxylic acids is 1. The first kappa shape index (κ1) is 28.5. The molecule has 0 saturated heterocycles. The molecule has 0 aromatic heterocycles. The molecule has 0 amide bonds. The molecule has 1 unspecified atom stereocenters. The monoisotopic (exact) mass is 393 g/mol. The van der Waals surface area contributed by atoms with Gasteiger partial charge in [-0.05, 0) is 25.2 Å². The molecular weight excluding hydrogens is 358 g/mol. The van der Waals surface area contributed by atoms with Gasteiger partial charge in [-0.25, -0.2) is 0 Å². The zero-order chi connectivity index (χ0) is 19.8. The topological polar surface area (TPSA) is 61.1 Å². The highest BCUT2D eigenvalue weighted by atomic mass is 32.2. The number of thiocarbonyl (C=S) groups is 1. The summed E-state index contributed by atoms with van der Waals surface area (Å²) in [6.07, 6.45) is 1.56. The second-order valence-corrected chi connectivity index (χ2v) is 10.5. The average Bonchev–Trinajstić information content (AvgIpc) is 2.43. The summed E-state index contributed by atoms with van der Waals surface area (Å²) in [6, 6.07) is 2.15. The summed E-state index contributed by atoms with van der Waals surface area (Å²) in [5, 5.41) is 17.7. The van der Waals surface area contributed by atoms with Crippen LogP contribution in [-0.2, 0) is 4.79 Å². The van der Waals surface area contributed by atoms with Gasteiger partial charge in [-0.1, -0.05) is 78.9 Å². The van der Waals surface area contributed by atoms with Gasteiger partial charge >= 0.3 is 5.97 Å². The zero-order valence-electron chi connectivity index (χ0n) is 16.5. The van der Waals surface area contributed by atoms with Gasteiger partial charge in [0.15, 0.2) is 0 Å². The van der Waals surface area contributed by atoms with E-state index >= 15 is 0 Å². The lowest BCUT2D eigenvalue weighted by molar-refractivity contribution is -0.137. The largest absolute Gasteiger partial charge is 0.481 e. The second-order valence-electron chi connectivity index (χ2n) is 6.73. The molecule has 0 aromatic rings. The average molecular weight is 394 g/mol. The summed E-state index contributed by atoms with van der Waals surface area (Å²) in [5.74, 6) is 1.42. The highest BCUT2D eigenvalue weighted by Crippen LogP contribution is 2.34. The van der Waals surface area contributed by atoms with Crippen LogP contribution in [0.3, 0.4) is 0 Å². The molecule has 0 saturated carbocycles. The molecule has 0 bridgehead atoms. The van der Waals surface area contributed by atoms with Gasteiger partial charge in [-0.15, -0.1) is 11.8 Å². The molecule has 0 aliphatic heterocycles. The molecule has 0 aromatic carbocycles. The number of carboxylic acid groups (broad SMARTS) is 1. The van der Waals surface area contributed by atoms with Crippen molar-refractivity contribution in [2.75, 3.05) is 5.75 Å². The quantitative estimate of drug-likeness (QED) is 0.512. The Labute approximate surface area is 163 Å². The predicted molar refractivity (Wildman–Crippen MR) is 115 cm³/mol. The van der Waals surface area contributed by atoms with Crippen LogP contribution in [0.1, 0.15) is 74.7 Å². The van der Waals surface area contributed by atoms with Crippen LogP contribution < -0.4 is 0 Å². The highest BCUT2D eigenvalue weighted by Gasteiger charge is 2.27. The summed E-state index contributed by atoms with van der Waals surface area (Å²) in [7, 11) is 0. The molecule has 24 heavy (non-hydrogen) atoms. The highest BCUT2D eigenvalue weighted by molar-refractivity contribution is 8.47. The van der Waals surface area contributed by atoms with Crippen LogP contribution in [0.15, 0.2) is 0 Å². The van der Waals surface area contributed by atoms with E-state index in [1.54, 1.807) is 18.7 Å². The molecular formula is C18H35NO2S3. The fourth-order valence-corrected chi connectivity index (χ4v) is 3.76. The number of hydrogen-bond donors (Lipinski definition) is 1. The maximum atomic E-state index is 10.5. The minimum absolute atomic E-state index is 0.00544. The number of nitrogens with zero attached hydrogens (tertiary/aromatic N) is 1. The number of aliphatic carboxylic acids is 1.